The number of likely N-dealkylation sites (tertiary alicyclic amines) is 1. The van der Waals surface area contributed by atoms with Gasteiger partial charge in [0.05, 0.1) is 11.4 Å². The molecule has 2 rings (SSSR count). The standard InChI is InChI=1S/C15H27N5O/c1-5-8-20-9-6-12(7-10-20)18(3)15(21)14-13(16)11(2)17-19(14)4/h12H,5-10,16H2,1-4H3. The van der Waals surface area contributed by atoms with Crippen molar-refractivity contribution in [3.8, 4) is 0 Å². The summed E-state index contributed by atoms with van der Waals surface area (Å²) >= 11 is 0. The van der Waals surface area contributed by atoms with E-state index in [-0.39, 0.29) is 5.91 Å². The van der Waals surface area contributed by atoms with E-state index in [0.29, 0.717) is 23.1 Å². The van der Waals surface area contributed by atoms with Crippen LogP contribution in [-0.4, -0.2) is 58.2 Å². The lowest BCUT2D eigenvalue weighted by atomic mass is 10.0. The van der Waals surface area contributed by atoms with Crippen molar-refractivity contribution in [3.05, 3.63) is 11.4 Å². The number of aromatic nitrogens is 2. The van der Waals surface area contributed by atoms with Crippen molar-refractivity contribution in [2.75, 3.05) is 32.4 Å². The van der Waals surface area contributed by atoms with Gasteiger partial charge >= 0.3 is 0 Å². The van der Waals surface area contributed by atoms with Crippen LogP contribution in [0.5, 0.6) is 0 Å². The van der Waals surface area contributed by atoms with Crippen LogP contribution in [0.2, 0.25) is 0 Å². The molecule has 1 aliphatic rings. The molecule has 0 bridgehead atoms. The maximum Gasteiger partial charge on any atom is 0.274 e. The van der Waals surface area contributed by atoms with E-state index in [1.807, 2.05) is 18.9 Å². The fourth-order valence-corrected chi connectivity index (χ4v) is 3.11. The fraction of sp³-hybridized carbons (Fsp3) is 0.733. The number of hydrogen-bond acceptors (Lipinski definition) is 4. The van der Waals surface area contributed by atoms with Gasteiger partial charge in [-0.05, 0) is 32.7 Å². The van der Waals surface area contributed by atoms with Gasteiger partial charge in [-0.3, -0.25) is 9.48 Å². The zero-order valence-electron chi connectivity index (χ0n) is 13.6. The second-order valence-electron chi connectivity index (χ2n) is 5.96. The molecule has 1 amide bonds. The average Bonchev–Trinajstić information content (AvgIpc) is 2.72. The van der Waals surface area contributed by atoms with Gasteiger partial charge in [0.15, 0.2) is 0 Å². The molecule has 0 unspecified atom stereocenters. The number of nitrogens with two attached hydrogens (primary N) is 1. The number of anilines is 1. The van der Waals surface area contributed by atoms with Crippen LogP contribution in [0.25, 0.3) is 0 Å². The van der Waals surface area contributed by atoms with Gasteiger partial charge < -0.3 is 15.5 Å². The minimum Gasteiger partial charge on any atom is -0.395 e. The highest BCUT2D eigenvalue weighted by molar-refractivity contribution is 5.98. The lowest BCUT2D eigenvalue weighted by Gasteiger charge is -2.36. The Bertz CT molecular complexity index is 502. The lowest BCUT2D eigenvalue weighted by Crippen LogP contribution is -2.46. The molecular formula is C15H27N5O. The minimum atomic E-state index is -0.0236. The number of carbonyl (C=O) groups is 1. The molecule has 0 spiro atoms. The van der Waals surface area contributed by atoms with Crippen molar-refractivity contribution < 1.29 is 4.79 Å². The van der Waals surface area contributed by atoms with Crippen LogP contribution in [0.15, 0.2) is 0 Å². The summed E-state index contributed by atoms with van der Waals surface area (Å²) in [5, 5.41) is 4.23. The third-order valence-corrected chi connectivity index (χ3v) is 4.44. The smallest absolute Gasteiger partial charge is 0.274 e. The van der Waals surface area contributed by atoms with Gasteiger partial charge in [-0.1, -0.05) is 6.92 Å². The van der Waals surface area contributed by atoms with Crippen molar-refractivity contribution in [1.82, 2.24) is 19.6 Å². The van der Waals surface area contributed by atoms with E-state index in [1.165, 1.54) is 6.42 Å². The van der Waals surface area contributed by atoms with Gasteiger partial charge in [0.2, 0.25) is 0 Å². The zero-order valence-corrected chi connectivity index (χ0v) is 13.6. The van der Waals surface area contributed by atoms with E-state index in [2.05, 4.69) is 16.9 Å². The van der Waals surface area contributed by atoms with E-state index in [0.717, 1.165) is 32.5 Å². The number of piperidine rings is 1. The third kappa shape index (κ3) is 3.20. The molecule has 21 heavy (non-hydrogen) atoms. The van der Waals surface area contributed by atoms with E-state index in [1.54, 1.807) is 11.7 Å². The Hall–Kier alpha value is -1.56. The number of nitrogen functional groups attached to an aromatic ring is 1. The molecule has 2 heterocycles. The van der Waals surface area contributed by atoms with Crippen LogP contribution >= 0.6 is 0 Å². The number of rotatable bonds is 4. The number of amides is 1. The van der Waals surface area contributed by atoms with Gasteiger partial charge in [0.25, 0.3) is 5.91 Å². The van der Waals surface area contributed by atoms with Crippen molar-refractivity contribution >= 4 is 11.6 Å². The van der Waals surface area contributed by atoms with Gasteiger partial charge in [-0.25, -0.2) is 0 Å². The zero-order chi connectivity index (χ0) is 15.6. The Morgan fingerprint density at radius 2 is 2.05 bits per heavy atom. The van der Waals surface area contributed by atoms with Crippen LogP contribution in [-0.2, 0) is 7.05 Å². The minimum absolute atomic E-state index is 0.0236. The predicted octanol–water partition coefficient (Wildman–Crippen LogP) is 1.26. The number of hydrogen-bond donors (Lipinski definition) is 1. The van der Waals surface area contributed by atoms with E-state index in [9.17, 15) is 4.79 Å². The molecule has 1 fully saturated rings. The first kappa shape index (κ1) is 15.8. The topological polar surface area (TPSA) is 67.4 Å². The summed E-state index contributed by atoms with van der Waals surface area (Å²) in [6.45, 7) is 7.31. The van der Waals surface area contributed by atoms with Crippen molar-refractivity contribution in [2.24, 2.45) is 7.05 Å². The molecule has 6 heteroatoms. The number of carbonyl (C=O) groups excluding carboxylic acids is 1. The average molecular weight is 293 g/mol. The van der Waals surface area contributed by atoms with Crippen molar-refractivity contribution in [2.45, 2.75) is 39.2 Å². The summed E-state index contributed by atoms with van der Waals surface area (Å²) in [6, 6.07) is 0.292. The molecule has 118 valence electrons. The molecule has 1 aromatic heterocycles. The molecular weight excluding hydrogens is 266 g/mol. The highest BCUT2D eigenvalue weighted by Gasteiger charge is 2.28. The largest absolute Gasteiger partial charge is 0.395 e. The summed E-state index contributed by atoms with van der Waals surface area (Å²) in [7, 11) is 3.65. The Kier molecular flexibility index (Phi) is 4.88. The van der Waals surface area contributed by atoms with Crippen LogP contribution in [0, 0.1) is 6.92 Å². The van der Waals surface area contributed by atoms with E-state index >= 15 is 0 Å². The molecule has 1 saturated heterocycles. The molecule has 0 radical (unpaired) electrons. The second-order valence-corrected chi connectivity index (χ2v) is 5.96. The van der Waals surface area contributed by atoms with Crippen molar-refractivity contribution in [1.29, 1.82) is 0 Å². The SMILES string of the molecule is CCCN1CCC(N(C)C(=O)c2c(N)c(C)nn2C)CC1. The number of nitrogens with zero attached hydrogens (tertiary/aromatic N) is 4. The predicted molar refractivity (Wildman–Crippen MR) is 84.2 cm³/mol. The van der Waals surface area contributed by atoms with Gasteiger partial charge in [-0.15, -0.1) is 0 Å². The van der Waals surface area contributed by atoms with Crippen LogP contribution in [0.1, 0.15) is 42.4 Å². The summed E-state index contributed by atoms with van der Waals surface area (Å²) in [6.07, 6.45) is 3.24. The monoisotopic (exact) mass is 293 g/mol. The third-order valence-electron chi connectivity index (χ3n) is 4.44. The Morgan fingerprint density at radius 1 is 1.43 bits per heavy atom. The highest BCUT2D eigenvalue weighted by Crippen LogP contribution is 2.21. The molecule has 6 nitrogen and oxygen atoms in total. The molecule has 0 aliphatic carbocycles. The molecule has 2 N–H and O–H groups in total. The first-order chi connectivity index (χ1) is 9.95. The van der Waals surface area contributed by atoms with Crippen molar-refractivity contribution in [3.63, 3.8) is 0 Å². The normalized spacial score (nSPS) is 17.1. The second kappa shape index (κ2) is 6.47. The quantitative estimate of drug-likeness (QED) is 0.907. The summed E-state index contributed by atoms with van der Waals surface area (Å²) < 4.78 is 1.59. The fourth-order valence-electron chi connectivity index (χ4n) is 3.11. The van der Waals surface area contributed by atoms with Gasteiger partial charge in [0.1, 0.15) is 5.69 Å². The summed E-state index contributed by atoms with van der Waals surface area (Å²) in [4.78, 5) is 17.0. The number of aryl methyl sites for hydroxylation is 2. The maximum absolute atomic E-state index is 12.7. The maximum atomic E-state index is 12.7. The molecule has 1 aromatic rings. The Morgan fingerprint density at radius 3 is 2.52 bits per heavy atom. The summed E-state index contributed by atoms with van der Waals surface area (Å²) in [5.41, 5.74) is 7.71. The first-order valence-electron chi connectivity index (χ1n) is 7.74. The molecule has 0 aromatic carbocycles. The van der Waals surface area contributed by atoms with Crippen LogP contribution in [0.4, 0.5) is 5.69 Å². The van der Waals surface area contributed by atoms with E-state index in [4.69, 9.17) is 5.73 Å². The van der Waals surface area contributed by atoms with Gasteiger partial charge in [0, 0.05) is 33.2 Å². The molecule has 0 atom stereocenters. The summed E-state index contributed by atoms with van der Waals surface area (Å²) in [5.74, 6) is -0.0236. The molecule has 0 saturated carbocycles. The first-order valence-corrected chi connectivity index (χ1v) is 7.74. The van der Waals surface area contributed by atoms with Gasteiger partial charge in [-0.2, -0.15) is 5.10 Å². The van der Waals surface area contributed by atoms with E-state index < -0.39 is 0 Å². The Balaban J connectivity index is 2.03. The molecule has 1 aliphatic heterocycles. The van der Waals surface area contributed by atoms with Crippen LogP contribution < -0.4 is 5.73 Å². The lowest BCUT2D eigenvalue weighted by molar-refractivity contribution is 0.0633. The van der Waals surface area contributed by atoms with Crippen LogP contribution in [0.3, 0.4) is 0 Å². The highest BCUT2D eigenvalue weighted by atomic mass is 16.2. The Labute approximate surface area is 126 Å².